The van der Waals surface area contributed by atoms with Crippen molar-refractivity contribution in [2.24, 2.45) is 0 Å². The number of nitrogens with zero attached hydrogens (tertiary/aromatic N) is 2. The largest absolute Gasteiger partial charge is 0.322 e. The third kappa shape index (κ3) is 6.55. The molecular formula is C26H18N4O6S. The van der Waals surface area contributed by atoms with Crippen LogP contribution < -0.4 is 10.6 Å². The summed E-state index contributed by atoms with van der Waals surface area (Å²) in [5.41, 5.74) is 1.61. The van der Waals surface area contributed by atoms with Crippen LogP contribution in [-0.4, -0.2) is 21.7 Å². The Kier molecular flexibility index (Phi) is 7.55. The van der Waals surface area contributed by atoms with E-state index in [-0.39, 0.29) is 23.2 Å². The molecule has 4 rings (SSSR count). The van der Waals surface area contributed by atoms with Crippen LogP contribution in [0.25, 0.3) is 0 Å². The zero-order valence-electron chi connectivity index (χ0n) is 19.0. The molecule has 0 aliphatic rings. The first-order chi connectivity index (χ1) is 17.8. The van der Waals surface area contributed by atoms with Crippen molar-refractivity contribution < 1.29 is 19.4 Å². The Morgan fingerprint density at radius 3 is 1.16 bits per heavy atom. The molecule has 0 aromatic heterocycles. The van der Waals surface area contributed by atoms with Crippen LogP contribution >= 0.6 is 11.8 Å². The minimum absolute atomic E-state index is 0.0853. The second-order valence-corrected chi connectivity index (χ2v) is 8.81. The lowest BCUT2D eigenvalue weighted by Crippen LogP contribution is -2.11. The summed E-state index contributed by atoms with van der Waals surface area (Å²) in [4.78, 5) is 47.0. The number of hydrogen-bond acceptors (Lipinski definition) is 7. The average Bonchev–Trinajstić information content (AvgIpc) is 2.91. The second kappa shape index (κ2) is 11.1. The smallest absolute Gasteiger partial charge is 0.269 e. The maximum absolute atomic E-state index is 12.4. The molecule has 0 radical (unpaired) electrons. The molecule has 0 atom stereocenters. The number of hydrogen-bond donors (Lipinski definition) is 2. The van der Waals surface area contributed by atoms with Crippen molar-refractivity contribution in [3.63, 3.8) is 0 Å². The van der Waals surface area contributed by atoms with Crippen molar-refractivity contribution >= 4 is 46.3 Å². The van der Waals surface area contributed by atoms with Crippen LogP contribution in [-0.2, 0) is 0 Å². The third-order valence-electron chi connectivity index (χ3n) is 5.14. The molecule has 0 fully saturated rings. The van der Waals surface area contributed by atoms with E-state index >= 15 is 0 Å². The van der Waals surface area contributed by atoms with E-state index in [1.165, 1.54) is 60.3 Å². The van der Waals surface area contributed by atoms with E-state index in [0.29, 0.717) is 22.5 Å². The van der Waals surface area contributed by atoms with E-state index in [1.807, 2.05) is 24.3 Å². The fourth-order valence-electron chi connectivity index (χ4n) is 3.22. The molecule has 4 aromatic carbocycles. The highest BCUT2D eigenvalue weighted by Crippen LogP contribution is 2.29. The van der Waals surface area contributed by atoms with Gasteiger partial charge >= 0.3 is 0 Å². The summed E-state index contributed by atoms with van der Waals surface area (Å²) in [7, 11) is 0. The SMILES string of the molecule is O=C(Nc1ccc(Sc2ccc(NC(=O)c3ccc([N+](=O)[O-])cc3)cc2)cc1)c1ccc([N+](=O)[O-])cc1. The molecule has 0 saturated carbocycles. The average molecular weight is 515 g/mol. The zero-order chi connectivity index (χ0) is 26.4. The lowest BCUT2D eigenvalue weighted by Gasteiger charge is -2.08. The molecule has 4 aromatic rings. The Balaban J connectivity index is 1.32. The van der Waals surface area contributed by atoms with Crippen LogP contribution in [0.5, 0.6) is 0 Å². The van der Waals surface area contributed by atoms with Crippen molar-refractivity contribution in [1.82, 2.24) is 0 Å². The minimum Gasteiger partial charge on any atom is -0.322 e. The molecule has 11 heteroatoms. The summed E-state index contributed by atoms with van der Waals surface area (Å²) in [5.74, 6) is -0.747. The van der Waals surface area contributed by atoms with E-state index < -0.39 is 9.85 Å². The van der Waals surface area contributed by atoms with Gasteiger partial charge in [-0.05, 0) is 72.8 Å². The van der Waals surface area contributed by atoms with Gasteiger partial charge in [0.2, 0.25) is 0 Å². The number of nitro groups is 2. The molecule has 0 aliphatic carbocycles. The molecule has 184 valence electrons. The van der Waals surface area contributed by atoms with Gasteiger partial charge in [-0.15, -0.1) is 0 Å². The van der Waals surface area contributed by atoms with E-state index in [4.69, 9.17) is 0 Å². The molecule has 0 unspecified atom stereocenters. The predicted molar refractivity (Wildman–Crippen MR) is 139 cm³/mol. The van der Waals surface area contributed by atoms with Gasteiger partial charge < -0.3 is 10.6 Å². The quantitative estimate of drug-likeness (QED) is 0.212. The van der Waals surface area contributed by atoms with E-state index in [1.54, 1.807) is 24.3 Å². The second-order valence-electron chi connectivity index (χ2n) is 7.67. The van der Waals surface area contributed by atoms with Crippen LogP contribution in [0.2, 0.25) is 0 Å². The molecule has 10 nitrogen and oxygen atoms in total. The van der Waals surface area contributed by atoms with Gasteiger partial charge in [-0.2, -0.15) is 0 Å². The Morgan fingerprint density at radius 2 is 0.865 bits per heavy atom. The molecule has 0 saturated heterocycles. The topological polar surface area (TPSA) is 144 Å². The van der Waals surface area contributed by atoms with Gasteiger partial charge in [-0.3, -0.25) is 29.8 Å². The highest BCUT2D eigenvalue weighted by molar-refractivity contribution is 7.99. The van der Waals surface area contributed by atoms with Gasteiger partial charge in [0.25, 0.3) is 23.2 Å². The molecule has 2 N–H and O–H groups in total. The van der Waals surface area contributed by atoms with Crippen molar-refractivity contribution in [1.29, 1.82) is 0 Å². The lowest BCUT2D eigenvalue weighted by molar-refractivity contribution is -0.385. The highest BCUT2D eigenvalue weighted by Gasteiger charge is 2.11. The zero-order valence-corrected chi connectivity index (χ0v) is 19.8. The van der Waals surface area contributed by atoms with Crippen LogP contribution in [0, 0.1) is 20.2 Å². The summed E-state index contributed by atoms with van der Waals surface area (Å²) >= 11 is 1.49. The Morgan fingerprint density at radius 1 is 0.541 bits per heavy atom. The fourth-order valence-corrected chi connectivity index (χ4v) is 4.04. The Bertz CT molecular complexity index is 1340. The van der Waals surface area contributed by atoms with Crippen LogP contribution in [0.15, 0.2) is 107 Å². The van der Waals surface area contributed by atoms with Crippen LogP contribution in [0.4, 0.5) is 22.7 Å². The number of anilines is 2. The van der Waals surface area contributed by atoms with Gasteiger partial charge in [0.05, 0.1) is 9.85 Å². The van der Waals surface area contributed by atoms with Gasteiger partial charge in [0.1, 0.15) is 0 Å². The first-order valence-electron chi connectivity index (χ1n) is 10.8. The third-order valence-corrected chi connectivity index (χ3v) is 6.16. The molecule has 0 aliphatic heterocycles. The summed E-state index contributed by atoms with van der Waals surface area (Å²) in [6.07, 6.45) is 0. The first-order valence-corrected chi connectivity index (χ1v) is 11.6. The van der Waals surface area contributed by atoms with Crippen molar-refractivity contribution in [2.75, 3.05) is 10.6 Å². The summed E-state index contributed by atoms with van der Waals surface area (Å²) < 4.78 is 0. The number of nitro benzene ring substituents is 2. The Hall–Kier alpha value is -5.03. The number of amides is 2. The maximum Gasteiger partial charge on any atom is 0.269 e. The maximum atomic E-state index is 12.4. The van der Waals surface area contributed by atoms with Crippen molar-refractivity contribution in [2.45, 2.75) is 9.79 Å². The highest BCUT2D eigenvalue weighted by atomic mass is 32.2. The standard InChI is InChI=1S/C26H18N4O6S/c31-25(17-1-9-21(10-2-17)29(33)34)27-19-5-13-23(14-6-19)37-24-15-7-20(8-16-24)28-26(32)18-3-11-22(12-4-18)30(35)36/h1-16H,(H,27,31)(H,28,32). The van der Waals surface area contributed by atoms with Gasteiger partial charge in [-0.1, -0.05) is 11.8 Å². The number of carbonyl (C=O) groups is 2. The number of benzene rings is 4. The molecule has 0 heterocycles. The molecule has 37 heavy (non-hydrogen) atoms. The lowest BCUT2D eigenvalue weighted by atomic mass is 10.2. The summed E-state index contributed by atoms with van der Waals surface area (Å²) in [5, 5.41) is 27.0. The van der Waals surface area contributed by atoms with Crippen molar-refractivity contribution in [3.05, 3.63) is 128 Å². The number of rotatable bonds is 8. The van der Waals surface area contributed by atoms with Gasteiger partial charge in [0, 0.05) is 56.6 Å². The van der Waals surface area contributed by atoms with E-state index in [2.05, 4.69) is 10.6 Å². The predicted octanol–water partition coefficient (Wildman–Crippen LogP) is 6.16. The monoisotopic (exact) mass is 514 g/mol. The number of nitrogens with one attached hydrogen (secondary N) is 2. The molecule has 0 bridgehead atoms. The molecular weight excluding hydrogens is 496 g/mol. The van der Waals surface area contributed by atoms with Crippen LogP contribution in [0.3, 0.4) is 0 Å². The van der Waals surface area contributed by atoms with E-state index in [9.17, 15) is 29.8 Å². The van der Waals surface area contributed by atoms with E-state index in [0.717, 1.165) is 9.79 Å². The van der Waals surface area contributed by atoms with Crippen molar-refractivity contribution in [3.8, 4) is 0 Å². The summed E-state index contributed by atoms with van der Waals surface area (Å²) in [6.45, 7) is 0. The van der Waals surface area contributed by atoms with Gasteiger partial charge in [-0.25, -0.2) is 0 Å². The Labute approximate surface area is 214 Å². The molecule has 0 spiro atoms. The van der Waals surface area contributed by atoms with Gasteiger partial charge in [0.15, 0.2) is 0 Å². The van der Waals surface area contributed by atoms with Crippen LogP contribution in [0.1, 0.15) is 20.7 Å². The number of non-ortho nitro benzene ring substituents is 2. The molecule has 2 amide bonds. The first kappa shape index (κ1) is 25.1. The fraction of sp³-hybridized carbons (Fsp3) is 0. The summed E-state index contributed by atoms with van der Waals surface area (Å²) in [6, 6.07) is 25.1. The normalized spacial score (nSPS) is 10.4. The minimum atomic E-state index is -0.524. The number of carbonyl (C=O) groups excluding carboxylic acids is 2.